The standard InChI is InChI=1S/C26H40N4O2/c1-7-10-14-20(9-3)25(32)29(17-8-2)19-24(31)27-23-18-22(26(4,5)6)28-30(23)21-15-12-11-13-16-21/h11-13,15-16,18,20H,7-10,14,17,19H2,1-6H3,(H,27,31). The summed E-state index contributed by atoms with van der Waals surface area (Å²) in [5.74, 6) is 0.490. The summed E-state index contributed by atoms with van der Waals surface area (Å²) in [4.78, 5) is 27.8. The first-order chi connectivity index (χ1) is 15.2. The lowest BCUT2D eigenvalue weighted by molar-refractivity contribution is -0.138. The summed E-state index contributed by atoms with van der Waals surface area (Å²) in [6.07, 6.45) is 4.60. The number of aromatic nitrogens is 2. The van der Waals surface area contributed by atoms with Crippen molar-refractivity contribution in [3.63, 3.8) is 0 Å². The fraction of sp³-hybridized carbons (Fsp3) is 0.577. The van der Waals surface area contributed by atoms with Gasteiger partial charge < -0.3 is 10.2 Å². The van der Waals surface area contributed by atoms with E-state index < -0.39 is 0 Å². The van der Waals surface area contributed by atoms with E-state index in [4.69, 9.17) is 5.10 Å². The van der Waals surface area contributed by atoms with Crippen LogP contribution >= 0.6 is 0 Å². The van der Waals surface area contributed by atoms with E-state index >= 15 is 0 Å². The third kappa shape index (κ3) is 6.94. The first-order valence-corrected chi connectivity index (χ1v) is 12.0. The number of hydrogen-bond acceptors (Lipinski definition) is 3. The zero-order valence-electron chi connectivity index (χ0n) is 20.6. The molecule has 2 amide bonds. The Balaban J connectivity index is 2.22. The molecule has 2 aromatic rings. The lowest BCUT2D eigenvalue weighted by atomic mass is 9.92. The van der Waals surface area contributed by atoms with E-state index in [1.807, 2.05) is 43.3 Å². The molecule has 0 radical (unpaired) electrons. The molecule has 0 saturated heterocycles. The molecule has 32 heavy (non-hydrogen) atoms. The van der Waals surface area contributed by atoms with Gasteiger partial charge in [0.1, 0.15) is 5.82 Å². The van der Waals surface area contributed by atoms with Crippen molar-refractivity contribution in [2.24, 2.45) is 5.92 Å². The number of hydrogen-bond donors (Lipinski definition) is 1. The second-order valence-corrected chi connectivity index (χ2v) is 9.47. The number of para-hydroxylation sites is 1. The summed E-state index contributed by atoms with van der Waals surface area (Å²) in [5.41, 5.74) is 1.62. The normalized spacial score (nSPS) is 12.4. The molecule has 1 atom stereocenters. The number of nitrogens with zero attached hydrogens (tertiary/aromatic N) is 3. The van der Waals surface area contributed by atoms with E-state index in [1.54, 1.807) is 9.58 Å². The summed E-state index contributed by atoms with van der Waals surface area (Å²) in [7, 11) is 0. The van der Waals surface area contributed by atoms with Gasteiger partial charge in [0.05, 0.1) is 17.9 Å². The predicted molar refractivity (Wildman–Crippen MR) is 131 cm³/mol. The smallest absolute Gasteiger partial charge is 0.245 e. The Labute approximate surface area is 193 Å². The first kappa shape index (κ1) is 25.6. The molecular weight excluding hydrogens is 400 g/mol. The molecule has 0 spiro atoms. The maximum Gasteiger partial charge on any atom is 0.245 e. The largest absolute Gasteiger partial charge is 0.333 e. The van der Waals surface area contributed by atoms with Gasteiger partial charge in [-0.3, -0.25) is 9.59 Å². The average Bonchev–Trinajstić information content (AvgIpc) is 3.18. The molecule has 6 heteroatoms. The Kier molecular flexibility index (Phi) is 9.48. The van der Waals surface area contributed by atoms with E-state index in [0.29, 0.717) is 12.4 Å². The number of carbonyl (C=O) groups excluding carboxylic acids is 2. The highest BCUT2D eigenvalue weighted by Gasteiger charge is 2.25. The Morgan fingerprint density at radius 3 is 2.34 bits per heavy atom. The summed E-state index contributed by atoms with van der Waals surface area (Å²) < 4.78 is 1.76. The molecule has 0 aliphatic carbocycles. The van der Waals surface area contributed by atoms with Crippen molar-refractivity contribution in [3.05, 3.63) is 42.1 Å². The summed E-state index contributed by atoms with van der Waals surface area (Å²) in [5, 5.41) is 7.77. The summed E-state index contributed by atoms with van der Waals surface area (Å²) in [6.45, 7) is 13.1. The lowest BCUT2D eigenvalue weighted by Gasteiger charge is -2.26. The molecule has 0 saturated carbocycles. The molecular formula is C26H40N4O2. The second-order valence-electron chi connectivity index (χ2n) is 9.47. The van der Waals surface area contributed by atoms with E-state index in [9.17, 15) is 9.59 Å². The van der Waals surface area contributed by atoms with Crippen molar-refractivity contribution in [2.75, 3.05) is 18.4 Å². The highest BCUT2D eigenvalue weighted by atomic mass is 16.2. The van der Waals surface area contributed by atoms with Crippen LogP contribution in [-0.4, -0.2) is 39.6 Å². The van der Waals surface area contributed by atoms with Crippen LogP contribution in [0, 0.1) is 5.92 Å². The number of benzene rings is 1. The Morgan fingerprint density at radius 2 is 1.78 bits per heavy atom. The van der Waals surface area contributed by atoms with Crippen molar-refractivity contribution in [1.82, 2.24) is 14.7 Å². The number of anilines is 1. The molecule has 0 aliphatic rings. The molecule has 1 aromatic carbocycles. The molecule has 6 nitrogen and oxygen atoms in total. The van der Waals surface area contributed by atoms with Crippen LogP contribution in [0.5, 0.6) is 0 Å². The highest BCUT2D eigenvalue weighted by Crippen LogP contribution is 2.26. The minimum absolute atomic E-state index is 0.0170. The molecule has 0 fully saturated rings. The van der Waals surface area contributed by atoms with Crippen LogP contribution in [0.15, 0.2) is 36.4 Å². The van der Waals surface area contributed by atoms with Crippen molar-refractivity contribution in [1.29, 1.82) is 0 Å². The van der Waals surface area contributed by atoms with Gasteiger partial charge in [-0.15, -0.1) is 0 Å². The number of carbonyl (C=O) groups is 2. The molecule has 1 unspecified atom stereocenters. The minimum atomic E-state index is -0.199. The SMILES string of the molecule is CCCCC(CC)C(=O)N(CCC)CC(=O)Nc1cc(C(C)(C)C)nn1-c1ccccc1. The molecule has 1 N–H and O–H groups in total. The Hall–Kier alpha value is -2.63. The maximum atomic E-state index is 13.1. The van der Waals surface area contributed by atoms with Gasteiger partial charge in [0.25, 0.3) is 0 Å². The topological polar surface area (TPSA) is 67.2 Å². The number of amides is 2. The second kappa shape index (κ2) is 11.8. The molecule has 2 rings (SSSR count). The highest BCUT2D eigenvalue weighted by molar-refractivity contribution is 5.94. The first-order valence-electron chi connectivity index (χ1n) is 12.0. The van der Waals surface area contributed by atoms with Gasteiger partial charge in [-0.25, -0.2) is 4.68 Å². The Morgan fingerprint density at radius 1 is 1.09 bits per heavy atom. The van der Waals surface area contributed by atoms with E-state index in [2.05, 4.69) is 39.9 Å². The van der Waals surface area contributed by atoms with Crippen LogP contribution in [0.2, 0.25) is 0 Å². The Bertz CT molecular complexity index is 868. The van der Waals surface area contributed by atoms with Gasteiger partial charge >= 0.3 is 0 Å². The fourth-order valence-corrected chi connectivity index (χ4v) is 3.71. The number of rotatable bonds is 11. The molecule has 1 aromatic heterocycles. The average molecular weight is 441 g/mol. The number of unbranched alkanes of at least 4 members (excludes halogenated alkanes) is 1. The minimum Gasteiger partial charge on any atom is -0.333 e. The molecule has 1 heterocycles. The third-order valence-electron chi connectivity index (χ3n) is 5.63. The van der Waals surface area contributed by atoms with Crippen LogP contribution in [0.1, 0.15) is 79.3 Å². The van der Waals surface area contributed by atoms with Gasteiger partial charge in [-0.05, 0) is 31.4 Å². The molecule has 0 aliphatic heterocycles. The van der Waals surface area contributed by atoms with Gasteiger partial charge in [-0.2, -0.15) is 5.10 Å². The van der Waals surface area contributed by atoms with Gasteiger partial charge in [-0.1, -0.05) is 72.6 Å². The predicted octanol–water partition coefficient (Wildman–Crippen LogP) is 5.56. The fourth-order valence-electron chi connectivity index (χ4n) is 3.71. The van der Waals surface area contributed by atoms with E-state index in [-0.39, 0.29) is 29.7 Å². The molecule has 176 valence electrons. The van der Waals surface area contributed by atoms with Crippen molar-refractivity contribution in [3.8, 4) is 5.69 Å². The van der Waals surface area contributed by atoms with Crippen LogP contribution in [0.25, 0.3) is 5.69 Å². The number of nitrogens with one attached hydrogen (secondary N) is 1. The third-order valence-corrected chi connectivity index (χ3v) is 5.63. The lowest BCUT2D eigenvalue weighted by Crippen LogP contribution is -2.42. The zero-order chi connectivity index (χ0) is 23.7. The van der Waals surface area contributed by atoms with Crippen LogP contribution in [0.4, 0.5) is 5.82 Å². The van der Waals surface area contributed by atoms with Gasteiger partial charge in [0.2, 0.25) is 11.8 Å². The summed E-state index contributed by atoms with van der Waals surface area (Å²) >= 11 is 0. The van der Waals surface area contributed by atoms with Crippen LogP contribution in [0.3, 0.4) is 0 Å². The van der Waals surface area contributed by atoms with Crippen LogP contribution < -0.4 is 5.32 Å². The van der Waals surface area contributed by atoms with E-state index in [0.717, 1.165) is 43.5 Å². The monoisotopic (exact) mass is 440 g/mol. The van der Waals surface area contributed by atoms with Crippen molar-refractivity contribution >= 4 is 17.6 Å². The quantitative estimate of drug-likeness (QED) is 0.497. The van der Waals surface area contributed by atoms with Crippen molar-refractivity contribution < 1.29 is 9.59 Å². The maximum absolute atomic E-state index is 13.1. The van der Waals surface area contributed by atoms with Gasteiger partial charge in [0, 0.05) is 23.9 Å². The summed E-state index contributed by atoms with van der Waals surface area (Å²) in [6, 6.07) is 11.7. The van der Waals surface area contributed by atoms with E-state index in [1.165, 1.54) is 0 Å². The van der Waals surface area contributed by atoms with Crippen LogP contribution in [-0.2, 0) is 15.0 Å². The van der Waals surface area contributed by atoms with Gasteiger partial charge in [0.15, 0.2) is 0 Å². The zero-order valence-corrected chi connectivity index (χ0v) is 20.6. The van der Waals surface area contributed by atoms with Crippen molar-refractivity contribution in [2.45, 2.75) is 79.1 Å². The molecule has 0 bridgehead atoms.